The summed E-state index contributed by atoms with van der Waals surface area (Å²) in [5.41, 5.74) is 1.80. The first-order chi connectivity index (χ1) is 8.15. The Bertz CT molecular complexity index is 418. The van der Waals surface area contributed by atoms with Crippen LogP contribution in [-0.4, -0.2) is 17.7 Å². The lowest BCUT2D eigenvalue weighted by molar-refractivity contribution is -0.116. The fourth-order valence-electron chi connectivity index (χ4n) is 1.64. The molecule has 17 heavy (non-hydrogen) atoms. The zero-order chi connectivity index (χ0) is 12.3. The quantitative estimate of drug-likeness (QED) is 0.843. The highest BCUT2D eigenvalue weighted by Gasteiger charge is 2.23. The van der Waals surface area contributed by atoms with Gasteiger partial charge in [-0.25, -0.2) is 0 Å². The highest BCUT2D eigenvalue weighted by Crippen LogP contribution is 2.19. The van der Waals surface area contributed by atoms with Crippen LogP contribution in [0.25, 0.3) is 0 Å². The summed E-state index contributed by atoms with van der Waals surface area (Å²) in [5.74, 6) is 0.200. The Kier molecular flexibility index (Phi) is 3.57. The van der Waals surface area contributed by atoms with Gasteiger partial charge >= 0.3 is 0 Å². The van der Waals surface area contributed by atoms with Gasteiger partial charge in [0, 0.05) is 18.0 Å². The van der Waals surface area contributed by atoms with Crippen LogP contribution in [0.4, 0.5) is 0 Å². The van der Waals surface area contributed by atoms with Gasteiger partial charge in [-0.3, -0.25) is 4.79 Å². The highest BCUT2D eigenvalue weighted by atomic mass is 16.1. The average Bonchev–Trinajstić information content (AvgIpc) is 3.11. The summed E-state index contributed by atoms with van der Waals surface area (Å²) in [7, 11) is 0. The van der Waals surface area contributed by atoms with Gasteiger partial charge in [0.1, 0.15) is 5.78 Å². The number of carbonyl (C=O) groups excluding carboxylic acids is 2. The van der Waals surface area contributed by atoms with Crippen LogP contribution in [-0.2, 0) is 11.2 Å². The molecule has 0 saturated heterocycles. The van der Waals surface area contributed by atoms with Gasteiger partial charge in [0.15, 0.2) is 0 Å². The van der Waals surface area contributed by atoms with Gasteiger partial charge in [-0.05, 0) is 43.9 Å². The molecule has 1 N–H and O–H groups in total. The molecule has 0 spiro atoms. The lowest BCUT2D eigenvalue weighted by atomic mass is 10.1. The second kappa shape index (κ2) is 5.13. The molecule has 90 valence electrons. The van der Waals surface area contributed by atoms with E-state index in [-0.39, 0.29) is 11.7 Å². The summed E-state index contributed by atoms with van der Waals surface area (Å²) in [4.78, 5) is 22.6. The van der Waals surface area contributed by atoms with E-state index < -0.39 is 0 Å². The first-order valence-corrected chi connectivity index (χ1v) is 6.04. The van der Waals surface area contributed by atoms with Crippen molar-refractivity contribution in [2.24, 2.45) is 0 Å². The average molecular weight is 231 g/mol. The van der Waals surface area contributed by atoms with Crippen molar-refractivity contribution in [1.82, 2.24) is 5.32 Å². The summed E-state index contributed by atoms with van der Waals surface area (Å²) in [6.45, 7) is 1.59. The van der Waals surface area contributed by atoms with E-state index in [1.165, 1.54) is 0 Å². The Morgan fingerprint density at radius 3 is 2.41 bits per heavy atom. The lowest BCUT2D eigenvalue weighted by Gasteiger charge is -2.04. The van der Waals surface area contributed by atoms with Gasteiger partial charge in [0.2, 0.25) is 0 Å². The fourth-order valence-corrected chi connectivity index (χ4v) is 1.64. The lowest BCUT2D eigenvalue weighted by Crippen LogP contribution is -2.25. The molecule has 1 aromatic carbocycles. The molecule has 1 saturated carbocycles. The maximum atomic E-state index is 11.7. The van der Waals surface area contributed by atoms with Crippen LogP contribution in [0.3, 0.4) is 0 Å². The van der Waals surface area contributed by atoms with Gasteiger partial charge in [0.25, 0.3) is 5.91 Å². The number of amides is 1. The molecule has 0 radical (unpaired) electrons. The summed E-state index contributed by atoms with van der Waals surface area (Å²) in [6, 6.07) is 7.88. The van der Waals surface area contributed by atoms with Gasteiger partial charge in [-0.1, -0.05) is 12.1 Å². The molecule has 0 aliphatic heterocycles. The molecule has 3 nitrogen and oxygen atoms in total. The largest absolute Gasteiger partial charge is 0.349 e. The Morgan fingerprint density at radius 1 is 1.24 bits per heavy atom. The van der Waals surface area contributed by atoms with E-state index in [0.29, 0.717) is 18.0 Å². The van der Waals surface area contributed by atoms with Crippen LogP contribution in [0.1, 0.15) is 42.1 Å². The van der Waals surface area contributed by atoms with Crippen molar-refractivity contribution in [3.63, 3.8) is 0 Å². The molecular formula is C14H17NO2. The Balaban J connectivity index is 1.91. The summed E-state index contributed by atoms with van der Waals surface area (Å²) >= 11 is 0. The fraction of sp³-hybridized carbons (Fsp3) is 0.429. The molecular weight excluding hydrogens is 214 g/mol. The van der Waals surface area contributed by atoms with Crippen molar-refractivity contribution in [2.75, 3.05) is 0 Å². The van der Waals surface area contributed by atoms with Crippen LogP contribution in [0, 0.1) is 0 Å². The number of hydrogen-bond donors (Lipinski definition) is 1. The highest BCUT2D eigenvalue weighted by molar-refractivity contribution is 5.94. The van der Waals surface area contributed by atoms with E-state index in [0.717, 1.165) is 24.8 Å². The molecule has 3 heteroatoms. The normalized spacial score (nSPS) is 14.4. The van der Waals surface area contributed by atoms with E-state index in [1.807, 2.05) is 24.3 Å². The molecule has 1 aliphatic rings. The minimum absolute atomic E-state index is 0.00520. The third-order valence-corrected chi connectivity index (χ3v) is 2.89. The predicted octanol–water partition coefficient (Wildman–Crippen LogP) is 2.10. The monoisotopic (exact) mass is 231 g/mol. The first kappa shape index (κ1) is 11.8. The predicted molar refractivity (Wildman–Crippen MR) is 65.9 cm³/mol. The number of aryl methyl sites for hydroxylation is 1. The van der Waals surface area contributed by atoms with E-state index >= 15 is 0 Å². The molecule has 2 rings (SSSR count). The van der Waals surface area contributed by atoms with Crippen molar-refractivity contribution < 1.29 is 9.59 Å². The summed E-state index contributed by atoms with van der Waals surface area (Å²) in [5, 5.41) is 2.95. The molecule has 0 heterocycles. The number of Topliss-reactive ketones (excluding diaryl/α,β-unsaturated/α-hetero) is 1. The van der Waals surface area contributed by atoms with Crippen molar-refractivity contribution in [1.29, 1.82) is 0 Å². The van der Waals surface area contributed by atoms with Crippen LogP contribution in [0.15, 0.2) is 24.3 Å². The van der Waals surface area contributed by atoms with E-state index in [9.17, 15) is 9.59 Å². The number of nitrogens with one attached hydrogen (secondary N) is 1. The molecule has 1 fully saturated rings. The smallest absolute Gasteiger partial charge is 0.251 e. The van der Waals surface area contributed by atoms with Crippen molar-refractivity contribution in [3.05, 3.63) is 35.4 Å². The third-order valence-electron chi connectivity index (χ3n) is 2.89. The SMILES string of the molecule is CC(=O)CCc1ccc(C(=O)NC2CC2)cc1. The van der Waals surface area contributed by atoms with Gasteiger partial charge < -0.3 is 10.1 Å². The van der Waals surface area contributed by atoms with Gasteiger partial charge in [-0.2, -0.15) is 0 Å². The zero-order valence-corrected chi connectivity index (χ0v) is 10.0. The van der Waals surface area contributed by atoms with Crippen LogP contribution in [0.2, 0.25) is 0 Å². The molecule has 0 unspecified atom stereocenters. The van der Waals surface area contributed by atoms with Gasteiger partial charge in [0.05, 0.1) is 0 Å². The number of rotatable bonds is 5. The maximum Gasteiger partial charge on any atom is 0.251 e. The molecule has 1 aromatic rings. The zero-order valence-electron chi connectivity index (χ0n) is 10.0. The van der Waals surface area contributed by atoms with E-state index in [1.54, 1.807) is 6.92 Å². The second-order valence-corrected chi connectivity index (χ2v) is 4.65. The molecule has 0 bridgehead atoms. The Morgan fingerprint density at radius 2 is 1.88 bits per heavy atom. The van der Waals surface area contributed by atoms with Crippen molar-refractivity contribution in [2.45, 2.75) is 38.6 Å². The summed E-state index contributed by atoms with van der Waals surface area (Å²) in [6.07, 6.45) is 3.51. The molecule has 1 aliphatic carbocycles. The van der Waals surface area contributed by atoms with Crippen LogP contribution >= 0.6 is 0 Å². The van der Waals surface area contributed by atoms with E-state index in [4.69, 9.17) is 0 Å². The second-order valence-electron chi connectivity index (χ2n) is 4.65. The minimum Gasteiger partial charge on any atom is -0.349 e. The topological polar surface area (TPSA) is 46.2 Å². The Labute approximate surface area is 101 Å². The minimum atomic E-state index is 0.00520. The molecule has 1 amide bonds. The number of hydrogen-bond acceptors (Lipinski definition) is 2. The molecule has 0 aromatic heterocycles. The standard InChI is InChI=1S/C14H17NO2/c1-10(16)2-3-11-4-6-12(7-5-11)14(17)15-13-8-9-13/h4-7,13H,2-3,8-9H2,1H3,(H,15,17). The Hall–Kier alpha value is -1.64. The number of carbonyl (C=O) groups is 2. The first-order valence-electron chi connectivity index (χ1n) is 6.04. The van der Waals surface area contributed by atoms with E-state index in [2.05, 4.69) is 5.32 Å². The van der Waals surface area contributed by atoms with Crippen molar-refractivity contribution >= 4 is 11.7 Å². The van der Waals surface area contributed by atoms with Crippen LogP contribution < -0.4 is 5.32 Å². The number of ketones is 1. The molecule has 0 atom stereocenters. The van der Waals surface area contributed by atoms with Crippen molar-refractivity contribution in [3.8, 4) is 0 Å². The number of benzene rings is 1. The summed E-state index contributed by atoms with van der Waals surface area (Å²) < 4.78 is 0. The maximum absolute atomic E-state index is 11.7. The third kappa shape index (κ3) is 3.70. The van der Waals surface area contributed by atoms with Gasteiger partial charge in [-0.15, -0.1) is 0 Å². The van der Waals surface area contributed by atoms with Crippen LogP contribution in [0.5, 0.6) is 0 Å².